The van der Waals surface area contributed by atoms with Crippen LogP contribution in [0.1, 0.15) is 55.6 Å². The second-order valence-corrected chi connectivity index (χ2v) is 7.18. The van der Waals surface area contributed by atoms with Gasteiger partial charge in [0.15, 0.2) is 0 Å². The number of halogens is 1. The van der Waals surface area contributed by atoms with Crippen molar-refractivity contribution < 1.29 is 4.39 Å². The third-order valence-electron chi connectivity index (χ3n) is 5.41. The second kappa shape index (κ2) is 9.34. The van der Waals surface area contributed by atoms with Crippen molar-refractivity contribution in [2.75, 3.05) is 6.67 Å². The molecule has 134 valence electrons. The highest BCUT2D eigenvalue weighted by Gasteiger charge is 2.20. The van der Waals surface area contributed by atoms with Crippen molar-refractivity contribution >= 4 is 0 Å². The summed E-state index contributed by atoms with van der Waals surface area (Å²) in [5.74, 6) is 1.32. The zero-order valence-electron chi connectivity index (χ0n) is 15.2. The van der Waals surface area contributed by atoms with Crippen molar-refractivity contribution in [3.05, 3.63) is 71.8 Å². The quantitative estimate of drug-likeness (QED) is 0.416. The zero-order chi connectivity index (χ0) is 18.2. The van der Waals surface area contributed by atoms with E-state index in [1.54, 1.807) is 0 Å². The normalized spacial score (nSPS) is 20.2. The van der Waals surface area contributed by atoms with Crippen LogP contribution in [0, 0.1) is 17.2 Å². The van der Waals surface area contributed by atoms with Crippen molar-refractivity contribution in [3.8, 4) is 17.2 Å². The summed E-state index contributed by atoms with van der Waals surface area (Å²) in [6.45, 7) is -0.213. The Morgan fingerprint density at radius 2 is 1.54 bits per heavy atom. The van der Waals surface area contributed by atoms with E-state index in [-0.39, 0.29) is 6.67 Å². The lowest BCUT2D eigenvalue weighted by Gasteiger charge is -2.27. The van der Waals surface area contributed by atoms with Gasteiger partial charge in [-0.15, -0.1) is 0 Å². The molecule has 1 aliphatic carbocycles. The predicted molar refractivity (Wildman–Crippen MR) is 106 cm³/mol. The van der Waals surface area contributed by atoms with Gasteiger partial charge in [-0.05, 0) is 79.2 Å². The van der Waals surface area contributed by atoms with Crippen LogP contribution in [-0.4, -0.2) is 6.67 Å². The Hall–Kier alpha value is -2.40. The Kier molecular flexibility index (Phi) is 6.61. The molecule has 1 nitrogen and oxygen atoms in total. The van der Waals surface area contributed by atoms with E-state index in [1.165, 1.54) is 36.8 Å². The summed E-state index contributed by atoms with van der Waals surface area (Å²) in [7, 11) is 0. The zero-order valence-corrected chi connectivity index (χ0v) is 15.2. The van der Waals surface area contributed by atoms with Crippen molar-refractivity contribution in [3.63, 3.8) is 0 Å². The summed E-state index contributed by atoms with van der Waals surface area (Å²) in [6, 6.07) is 18.8. The fourth-order valence-corrected chi connectivity index (χ4v) is 3.81. The van der Waals surface area contributed by atoms with Crippen LogP contribution in [0.25, 0.3) is 11.1 Å². The number of rotatable bonds is 6. The first-order valence-corrected chi connectivity index (χ1v) is 9.63. The fraction of sp³-hybridized carbons (Fsp3) is 0.375. The molecule has 0 atom stereocenters. The van der Waals surface area contributed by atoms with E-state index >= 15 is 0 Å². The molecule has 0 heterocycles. The molecule has 0 amide bonds. The van der Waals surface area contributed by atoms with Gasteiger partial charge in [-0.25, -0.2) is 0 Å². The number of nitriles is 1. The molecular weight excluding hydrogens is 321 g/mol. The molecule has 0 aliphatic heterocycles. The molecule has 0 aromatic heterocycles. The predicted octanol–water partition coefficient (Wildman–Crippen LogP) is 6.80. The van der Waals surface area contributed by atoms with Crippen molar-refractivity contribution in [1.82, 2.24) is 0 Å². The lowest BCUT2D eigenvalue weighted by atomic mass is 9.78. The molecule has 1 saturated carbocycles. The summed E-state index contributed by atoms with van der Waals surface area (Å²) in [6.07, 6.45) is 10.9. The summed E-state index contributed by atoms with van der Waals surface area (Å²) in [4.78, 5) is 0. The summed E-state index contributed by atoms with van der Waals surface area (Å²) >= 11 is 0. The van der Waals surface area contributed by atoms with Crippen molar-refractivity contribution in [2.45, 2.75) is 44.4 Å². The molecule has 1 aliphatic rings. The topological polar surface area (TPSA) is 23.8 Å². The maximum atomic E-state index is 12.1. The number of alkyl halides is 1. The van der Waals surface area contributed by atoms with Crippen LogP contribution in [0.3, 0.4) is 0 Å². The molecule has 2 aromatic carbocycles. The molecule has 0 spiro atoms. The molecule has 0 unspecified atom stereocenters. The molecule has 2 heteroatoms. The highest BCUT2D eigenvalue weighted by atomic mass is 19.1. The molecule has 0 saturated heterocycles. The van der Waals surface area contributed by atoms with Gasteiger partial charge in [0.1, 0.15) is 0 Å². The van der Waals surface area contributed by atoms with E-state index < -0.39 is 0 Å². The SMILES string of the molecule is N#Cc1ccc(-c2ccc(C3CCC(/C=C/CCCF)CC3)cc2)cc1. The molecule has 26 heavy (non-hydrogen) atoms. The summed E-state index contributed by atoms with van der Waals surface area (Å²) in [5.41, 5.74) is 4.48. The Morgan fingerprint density at radius 3 is 2.12 bits per heavy atom. The Morgan fingerprint density at radius 1 is 0.923 bits per heavy atom. The van der Waals surface area contributed by atoms with Crippen LogP contribution in [0.4, 0.5) is 4.39 Å². The lowest BCUT2D eigenvalue weighted by molar-refractivity contribution is 0.375. The third-order valence-corrected chi connectivity index (χ3v) is 5.41. The largest absolute Gasteiger partial charge is 0.251 e. The number of allylic oxidation sites excluding steroid dienone is 2. The Balaban J connectivity index is 1.56. The first-order chi connectivity index (χ1) is 12.8. The second-order valence-electron chi connectivity index (χ2n) is 7.18. The van der Waals surface area contributed by atoms with E-state index in [2.05, 4.69) is 42.5 Å². The van der Waals surface area contributed by atoms with Crippen LogP contribution in [0.2, 0.25) is 0 Å². The molecule has 2 aromatic rings. The number of unbranched alkanes of at least 4 members (excludes halogenated alkanes) is 1. The fourth-order valence-electron chi connectivity index (χ4n) is 3.81. The van der Waals surface area contributed by atoms with Gasteiger partial charge < -0.3 is 0 Å². The summed E-state index contributed by atoms with van der Waals surface area (Å²) < 4.78 is 12.1. The summed E-state index contributed by atoms with van der Waals surface area (Å²) in [5, 5.41) is 8.90. The van der Waals surface area contributed by atoms with E-state index in [9.17, 15) is 4.39 Å². The first kappa shape index (κ1) is 18.4. The van der Waals surface area contributed by atoms with Gasteiger partial charge in [-0.3, -0.25) is 4.39 Å². The van der Waals surface area contributed by atoms with Crippen LogP contribution in [0.5, 0.6) is 0 Å². The molecule has 0 N–H and O–H groups in total. The van der Waals surface area contributed by atoms with E-state index in [1.807, 2.05) is 24.3 Å². The van der Waals surface area contributed by atoms with Gasteiger partial charge in [0.05, 0.1) is 18.3 Å². The van der Waals surface area contributed by atoms with Gasteiger partial charge in [0, 0.05) is 0 Å². The molecule has 1 fully saturated rings. The number of hydrogen-bond acceptors (Lipinski definition) is 1. The molecule has 3 rings (SSSR count). The van der Waals surface area contributed by atoms with Gasteiger partial charge >= 0.3 is 0 Å². The molecule has 0 bridgehead atoms. The number of benzene rings is 2. The monoisotopic (exact) mass is 347 g/mol. The number of nitrogens with zero attached hydrogens (tertiary/aromatic N) is 1. The Labute approximate surface area is 156 Å². The third kappa shape index (κ3) is 4.82. The van der Waals surface area contributed by atoms with Crippen LogP contribution in [-0.2, 0) is 0 Å². The van der Waals surface area contributed by atoms with E-state index in [0.717, 1.165) is 12.0 Å². The average molecular weight is 347 g/mol. The lowest BCUT2D eigenvalue weighted by Crippen LogP contribution is -2.11. The minimum Gasteiger partial charge on any atom is -0.251 e. The first-order valence-electron chi connectivity index (χ1n) is 9.63. The van der Waals surface area contributed by atoms with Crippen LogP contribution in [0.15, 0.2) is 60.7 Å². The van der Waals surface area contributed by atoms with E-state index in [4.69, 9.17) is 5.26 Å². The Bertz CT molecular complexity index is 744. The van der Waals surface area contributed by atoms with Crippen LogP contribution >= 0.6 is 0 Å². The van der Waals surface area contributed by atoms with Crippen LogP contribution < -0.4 is 0 Å². The minimum absolute atomic E-state index is 0.213. The maximum absolute atomic E-state index is 12.1. The van der Waals surface area contributed by atoms with Crippen molar-refractivity contribution in [1.29, 1.82) is 5.26 Å². The minimum atomic E-state index is -0.213. The highest BCUT2D eigenvalue weighted by molar-refractivity contribution is 5.64. The van der Waals surface area contributed by atoms with Gasteiger partial charge in [-0.2, -0.15) is 5.26 Å². The highest BCUT2D eigenvalue weighted by Crippen LogP contribution is 2.37. The van der Waals surface area contributed by atoms with E-state index in [0.29, 0.717) is 23.8 Å². The maximum Gasteiger partial charge on any atom is 0.0991 e. The van der Waals surface area contributed by atoms with Gasteiger partial charge in [0.25, 0.3) is 0 Å². The smallest absolute Gasteiger partial charge is 0.0991 e. The van der Waals surface area contributed by atoms with Gasteiger partial charge in [-0.1, -0.05) is 48.6 Å². The van der Waals surface area contributed by atoms with Gasteiger partial charge in [0.2, 0.25) is 0 Å². The molecular formula is C24H26FN. The molecule has 0 radical (unpaired) electrons. The van der Waals surface area contributed by atoms with Crippen molar-refractivity contribution in [2.24, 2.45) is 5.92 Å². The average Bonchev–Trinajstić information content (AvgIpc) is 2.72. The standard InChI is InChI=1S/C24H26FN/c25-17-3-1-2-4-19-5-9-21(10-6-19)23-13-15-24(16-14-23)22-11-7-20(18-26)8-12-22/h2,4,7-8,11-16,19,21H,1,3,5-6,9-10,17H2/b4-2+. The number of hydrogen-bond donors (Lipinski definition) is 0.